The van der Waals surface area contributed by atoms with E-state index in [0.717, 1.165) is 50.3 Å². The minimum atomic E-state index is 0.282. The molecule has 2 aliphatic rings. The number of aromatic nitrogens is 4. The number of carbonyl (C=O) groups excluding carboxylic acids is 1. The summed E-state index contributed by atoms with van der Waals surface area (Å²) in [6.45, 7) is 1.64. The number of likely N-dealkylation sites (tertiary alicyclic amines) is 1. The normalized spacial score (nSPS) is 18.2. The topological polar surface area (TPSA) is 75.1 Å². The van der Waals surface area contributed by atoms with Crippen molar-refractivity contribution in [2.75, 3.05) is 32.1 Å². The van der Waals surface area contributed by atoms with E-state index in [0.29, 0.717) is 23.3 Å². The highest BCUT2D eigenvalue weighted by Crippen LogP contribution is 2.33. The molecule has 4 rings (SSSR count). The van der Waals surface area contributed by atoms with Crippen LogP contribution < -0.4 is 4.90 Å². The van der Waals surface area contributed by atoms with Crippen LogP contribution in [0.25, 0.3) is 11.5 Å². The SMILES string of the molecule is CN(C)c1cc(C2CCN(C(=O)C3CCC3)CC2)nc(-c2cnccn2)n1. The lowest BCUT2D eigenvalue weighted by molar-refractivity contribution is -0.139. The molecule has 0 spiro atoms. The lowest BCUT2D eigenvalue weighted by atomic mass is 9.83. The van der Waals surface area contributed by atoms with Crippen LogP contribution >= 0.6 is 0 Å². The summed E-state index contributed by atoms with van der Waals surface area (Å²) >= 11 is 0. The van der Waals surface area contributed by atoms with Gasteiger partial charge in [0, 0.05) is 63.2 Å². The van der Waals surface area contributed by atoms with E-state index in [2.05, 4.69) is 25.9 Å². The summed E-state index contributed by atoms with van der Waals surface area (Å²) in [6.07, 6.45) is 10.2. The molecule has 1 aliphatic heterocycles. The van der Waals surface area contributed by atoms with Gasteiger partial charge in [0.15, 0.2) is 5.82 Å². The lowest BCUT2D eigenvalue weighted by Gasteiger charge is -2.36. The number of carbonyl (C=O) groups is 1. The number of amides is 1. The average molecular weight is 366 g/mol. The van der Waals surface area contributed by atoms with Gasteiger partial charge in [-0.25, -0.2) is 15.0 Å². The van der Waals surface area contributed by atoms with Crippen molar-refractivity contribution in [3.8, 4) is 11.5 Å². The number of nitrogens with zero attached hydrogens (tertiary/aromatic N) is 6. The molecule has 2 aromatic heterocycles. The van der Waals surface area contributed by atoms with Crippen LogP contribution in [0, 0.1) is 5.92 Å². The first kappa shape index (κ1) is 17.8. The quantitative estimate of drug-likeness (QED) is 0.828. The second kappa shape index (κ2) is 7.58. The maximum absolute atomic E-state index is 12.5. The zero-order chi connectivity index (χ0) is 18.8. The monoisotopic (exact) mass is 366 g/mol. The molecule has 0 atom stereocenters. The summed E-state index contributed by atoms with van der Waals surface area (Å²) < 4.78 is 0. The summed E-state index contributed by atoms with van der Waals surface area (Å²) in [7, 11) is 3.96. The molecule has 7 nitrogen and oxygen atoms in total. The van der Waals surface area contributed by atoms with Gasteiger partial charge in [-0.15, -0.1) is 0 Å². The molecule has 27 heavy (non-hydrogen) atoms. The van der Waals surface area contributed by atoms with Crippen LogP contribution in [0.2, 0.25) is 0 Å². The number of piperidine rings is 1. The van der Waals surface area contributed by atoms with Gasteiger partial charge in [-0.2, -0.15) is 0 Å². The maximum atomic E-state index is 12.5. The molecule has 1 amide bonds. The van der Waals surface area contributed by atoms with E-state index < -0.39 is 0 Å². The Kier molecular flexibility index (Phi) is 5.01. The van der Waals surface area contributed by atoms with E-state index in [4.69, 9.17) is 4.98 Å². The van der Waals surface area contributed by atoms with Crippen LogP contribution in [0.5, 0.6) is 0 Å². The van der Waals surface area contributed by atoms with Gasteiger partial charge >= 0.3 is 0 Å². The van der Waals surface area contributed by atoms with Gasteiger partial charge < -0.3 is 9.80 Å². The second-order valence-corrected chi connectivity index (χ2v) is 7.69. The van der Waals surface area contributed by atoms with Crippen LogP contribution in [0.4, 0.5) is 5.82 Å². The smallest absolute Gasteiger partial charge is 0.225 e. The minimum Gasteiger partial charge on any atom is -0.363 e. The molecule has 1 aliphatic carbocycles. The molecule has 2 aromatic rings. The highest BCUT2D eigenvalue weighted by molar-refractivity contribution is 5.79. The first-order valence-electron chi connectivity index (χ1n) is 9.73. The zero-order valence-electron chi connectivity index (χ0n) is 16.0. The van der Waals surface area contributed by atoms with Crippen molar-refractivity contribution in [3.05, 3.63) is 30.4 Å². The largest absolute Gasteiger partial charge is 0.363 e. The van der Waals surface area contributed by atoms with E-state index in [1.165, 1.54) is 6.42 Å². The molecule has 142 valence electrons. The fourth-order valence-corrected chi connectivity index (χ4v) is 3.73. The molecule has 0 unspecified atom stereocenters. The molecular weight excluding hydrogens is 340 g/mol. The van der Waals surface area contributed by atoms with Crippen molar-refractivity contribution >= 4 is 11.7 Å². The number of anilines is 1. The summed E-state index contributed by atoms with van der Waals surface area (Å²) in [4.78, 5) is 34.4. The molecule has 0 N–H and O–H groups in total. The number of hydrogen-bond donors (Lipinski definition) is 0. The summed E-state index contributed by atoms with van der Waals surface area (Å²) in [6, 6.07) is 2.06. The van der Waals surface area contributed by atoms with Gasteiger partial charge in [0.2, 0.25) is 5.91 Å². The first-order chi connectivity index (χ1) is 13.1. The Hall–Kier alpha value is -2.57. The standard InChI is InChI=1S/C20H26N6O/c1-25(2)18-12-16(23-19(24-18)17-13-21-8-9-22-17)14-6-10-26(11-7-14)20(27)15-4-3-5-15/h8-9,12-15H,3-7,10-11H2,1-2H3. The Morgan fingerprint density at radius 3 is 2.48 bits per heavy atom. The van der Waals surface area contributed by atoms with Gasteiger partial charge in [0.1, 0.15) is 11.5 Å². The van der Waals surface area contributed by atoms with Gasteiger partial charge in [-0.1, -0.05) is 6.42 Å². The number of rotatable bonds is 4. The molecule has 0 bridgehead atoms. The van der Waals surface area contributed by atoms with E-state index in [9.17, 15) is 4.79 Å². The van der Waals surface area contributed by atoms with E-state index in [1.54, 1.807) is 18.6 Å². The molecule has 3 heterocycles. The zero-order valence-corrected chi connectivity index (χ0v) is 16.0. The lowest BCUT2D eigenvalue weighted by Crippen LogP contribution is -2.43. The average Bonchev–Trinajstić information content (AvgIpc) is 2.67. The Bertz CT molecular complexity index is 797. The van der Waals surface area contributed by atoms with Crippen molar-refractivity contribution in [3.63, 3.8) is 0 Å². The molecule has 2 fully saturated rings. The third kappa shape index (κ3) is 3.77. The highest BCUT2D eigenvalue weighted by Gasteiger charge is 2.32. The maximum Gasteiger partial charge on any atom is 0.225 e. The van der Waals surface area contributed by atoms with Gasteiger partial charge in [-0.3, -0.25) is 9.78 Å². The Morgan fingerprint density at radius 2 is 1.89 bits per heavy atom. The van der Waals surface area contributed by atoms with Crippen LogP contribution in [0.15, 0.2) is 24.7 Å². The van der Waals surface area contributed by atoms with Gasteiger partial charge in [-0.05, 0) is 25.7 Å². The van der Waals surface area contributed by atoms with Crippen molar-refractivity contribution < 1.29 is 4.79 Å². The van der Waals surface area contributed by atoms with Crippen molar-refractivity contribution in [1.82, 2.24) is 24.8 Å². The molecule has 7 heteroatoms. The Balaban J connectivity index is 1.53. The van der Waals surface area contributed by atoms with Crippen molar-refractivity contribution in [1.29, 1.82) is 0 Å². The Labute approximate surface area is 159 Å². The summed E-state index contributed by atoms with van der Waals surface area (Å²) in [5.74, 6) is 2.46. The van der Waals surface area contributed by atoms with Crippen LogP contribution in [-0.4, -0.2) is 57.9 Å². The molecule has 1 saturated heterocycles. The minimum absolute atomic E-state index is 0.282. The fraction of sp³-hybridized carbons (Fsp3) is 0.550. The van der Waals surface area contributed by atoms with Crippen LogP contribution in [-0.2, 0) is 4.79 Å². The second-order valence-electron chi connectivity index (χ2n) is 7.69. The third-order valence-electron chi connectivity index (χ3n) is 5.66. The van der Waals surface area contributed by atoms with Crippen LogP contribution in [0.3, 0.4) is 0 Å². The van der Waals surface area contributed by atoms with Crippen molar-refractivity contribution in [2.24, 2.45) is 5.92 Å². The van der Waals surface area contributed by atoms with E-state index in [-0.39, 0.29) is 5.92 Å². The molecule has 1 saturated carbocycles. The predicted molar refractivity (Wildman–Crippen MR) is 103 cm³/mol. The van der Waals surface area contributed by atoms with Gasteiger partial charge in [0.05, 0.1) is 6.20 Å². The first-order valence-corrected chi connectivity index (χ1v) is 9.73. The molecule has 0 aromatic carbocycles. The number of hydrogen-bond acceptors (Lipinski definition) is 6. The summed E-state index contributed by atoms with van der Waals surface area (Å²) in [5, 5.41) is 0. The predicted octanol–water partition coefficient (Wildman–Crippen LogP) is 2.51. The fourth-order valence-electron chi connectivity index (χ4n) is 3.73. The van der Waals surface area contributed by atoms with E-state index in [1.807, 2.05) is 19.0 Å². The van der Waals surface area contributed by atoms with E-state index >= 15 is 0 Å². The molecular formula is C20H26N6O. The highest BCUT2D eigenvalue weighted by atomic mass is 16.2. The third-order valence-corrected chi connectivity index (χ3v) is 5.66. The van der Waals surface area contributed by atoms with Gasteiger partial charge in [0.25, 0.3) is 0 Å². The Morgan fingerprint density at radius 1 is 1.11 bits per heavy atom. The molecule has 0 radical (unpaired) electrons. The van der Waals surface area contributed by atoms with Crippen molar-refractivity contribution in [2.45, 2.75) is 38.0 Å². The van der Waals surface area contributed by atoms with Crippen LogP contribution in [0.1, 0.15) is 43.7 Å². The summed E-state index contributed by atoms with van der Waals surface area (Å²) in [5.41, 5.74) is 1.71.